The summed E-state index contributed by atoms with van der Waals surface area (Å²) in [4.78, 5) is 46.5. The zero-order valence-electron chi connectivity index (χ0n) is 22.2. The normalized spacial score (nSPS) is 24.8. The van der Waals surface area contributed by atoms with E-state index in [1.807, 2.05) is 0 Å². The average Bonchev–Trinajstić information content (AvgIpc) is 3.55. The maximum Gasteiger partial charge on any atom is 0.475 e. The van der Waals surface area contributed by atoms with Gasteiger partial charge in [-0.2, -0.15) is 0 Å². The van der Waals surface area contributed by atoms with Crippen LogP contribution in [0.2, 0.25) is 0 Å². The van der Waals surface area contributed by atoms with Gasteiger partial charge in [-0.05, 0) is 11.6 Å². The number of aliphatic hydroxyl groups excluding tert-OH is 1. The number of fused-ring (bicyclic) bond motifs is 3. The van der Waals surface area contributed by atoms with Crippen LogP contribution in [0.4, 0.5) is 5.82 Å². The van der Waals surface area contributed by atoms with Crippen molar-refractivity contribution in [2.75, 3.05) is 25.6 Å². The maximum absolute atomic E-state index is 13.5. The Labute approximate surface area is 244 Å². The number of nitrogens with two attached hydrogens (primary N) is 1. The third kappa shape index (κ3) is 5.66. The molecule has 2 aliphatic rings. The average molecular weight is 635 g/mol. The van der Waals surface area contributed by atoms with Crippen LogP contribution in [0.1, 0.15) is 11.8 Å². The van der Waals surface area contributed by atoms with E-state index in [0.717, 1.165) is 12.1 Å². The lowest BCUT2D eigenvalue weighted by molar-refractivity contribution is -0.140. The summed E-state index contributed by atoms with van der Waals surface area (Å²) in [5, 5.41) is 29.2. The standard InChI is InChI=1S/C24H22N5O14P/c25-22-19-23(27-8-26-22)29(9-28-19)24-20(35)21-15(42-24)5-40-44(36,43-21)39-4-10-1-18(34)41-12-3-14(38-7-17(32)33)13(2-11(10)12)37-6-16(30)31/h1-3,8-9,15,20-21,24,35H,4-7H2,(H,30,31)(H,32,33)(H2,25,26,27)/t15-,20-,21-,24-,44?/m1/s1. The zero-order chi connectivity index (χ0) is 31.2. The van der Waals surface area contributed by atoms with E-state index >= 15 is 0 Å². The highest BCUT2D eigenvalue weighted by Gasteiger charge is 2.53. The molecule has 2 saturated heterocycles. The van der Waals surface area contributed by atoms with Gasteiger partial charge in [-0.15, -0.1) is 0 Å². The number of carboxylic acids is 2. The number of aliphatic carboxylic acids is 2. The molecule has 0 aliphatic carbocycles. The summed E-state index contributed by atoms with van der Waals surface area (Å²) >= 11 is 0. The van der Waals surface area contributed by atoms with Gasteiger partial charge in [-0.25, -0.2) is 33.9 Å². The summed E-state index contributed by atoms with van der Waals surface area (Å²) in [6.45, 7) is -2.41. The van der Waals surface area contributed by atoms with Crippen LogP contribution in [0.25, 0.3) is 22.1 Å². The second-order valence-electron chi connectivity index (χ2n) is 9.48. The summed E-state index contributed by atoms with van der Waals surface area (Å²) in [5.41, 5.74) is 5.58. The molecule has 4 aromatic rings. The molecule has 0 bridgehead atoms. The molecule has 0 amide bonds. The number of anilines is 1. The minimum Gasteiger partial charge on any atom is -0.479 e. The van der Waals surface area contributed by atoms with E-state index in [4.69, 9.17) is 48.1 Å². The number of aliphatic hydroxyl groups is 1. The minimum absolute atomic E-state index is 0.0950. The Morgan fingerprint density at radius 3 is 2.55 bits per heavy atom. The summed E-state index contributed by atoms with van der Waals surface area (Å²) in [6, 6.07) is 3.42. The minimum atomic E-state index is -4.35. The number of hydrogen-bond acceptors (Lipinski definition) is 16. The quantitative estimate of drug-likeness (QED) is 0.136. The van der Waals surface area contributed by atoms with Crippen LogP contribution in [-0.4, -0.2) is 84.9 Å². The molecule has 5 atom stereocenters. The highest BCUT2D eigenvalue weighted by atomic mass is 31.2. The Balaban J connectivity index is 1.22. The van der Waals surface area contributed by atoms with Crippen molar-refractivity contribution in [1.82, 2.24) is 19.5 Å². The Morgan fingerprint density at radius 2 is 1.82 bits per heavy atom. The van der Waals surface area contributed by atoms with Gasteiger partial charge in [0.25, 0.3) is 0 Å². The largest absolute Gasteiger partial charge is 0.479 e. The first-order chi connectivity index (χ1) is 21.0. The molecule has 19 nitrogen and oxygen atoms in total. The smallest absolute Gasteiger partial charge is 0.475 e. The molecule has 6 rings (SSSR count). The van der Waals surface area contributed by atoms with Gasteiger partial charge in [0.2, 0.25) is 0 Å². The monoisotopic (exact) mass is 635 g/mol. The first-order valence-electron chi connectivity index (χ1n) is 12.7. The molecule has 2 aliphatic heterocycles. The van der Waals surface area contributed by atoms with E-state index in [0.29, 0.717) is 11.2 Å². The second kappa shape index (κ2) is 11.5. The van der Waals surface area contributed by atoms with Crippen molar-refractivity contribution in [2.45, 2.75) is 31.1 Å². The van der Waals surface area contributed by atoms with Crippen LogP contribution in [0.15, 0.2) is 40.1 Å². The predicted octanol–water partition coefficient (Wildman–Crippen LogP) is 0.440. The molecule has 232 valence electrons. The highest BCUT2D eigenvalue weighted by molar-refractivity contribution is 7.48. The predicted molar refractivity (Wildman–Crippen MR) is 142 cm³/mol. The van der Waals surface area contributed by atoms with E-state index < -0.39 is 69.7 Å². The van der Waals surface area contributed by atoms with Gasteiger partial charge < -0.3 is 39.7 Å². The van der Waals surface area contributed by atoms with Gasteiger partial charge in [0.15, 0.2) is 42.4 Å². The summed E-state index contributed by atoms with van der Waals surface area (Å²) in [6.07, 6.45) is -1.83. The van der Waals surface area contributed by atoms with Crippen molar-refractivity contribution in [3.63, 3.8) is 0 Å². The fourth-order valence-electron chi connectivity index (χ4n) is 4.69. The van der Waals surface area contributed by atoms with Gasteiger partial charge >= 0.3 is 25.4 Å². The zero-order valence-corrected chi connectivity index (χ0v) is 23.1. The van der Waals surface area contributed by atoms with Crippen molar-refractivity contribution in [3.8, 4) is 11.5 Å². The molecule has 0 saturated carbocycles. The molecule has 44 heavy (non-hydrogen) atoms. The van der Waals surface area contributed by atoms with Crippen LogP contribution in [-0.2, 0) is 39.1 Å². The number of carbonyl (C=O) groups is 2. The number of benzene rings is 1. The molecular weight excluding hydrogens is 613 g/mol. The number of aromatic nitrogens is 4. The van der Waals surface area contributed by atoms with E-state index in [2.05, 4.69) is 15.0 Å². The Bertz CT molecular complexity index is 1880. The highest BCUT2D eigenvalue weighted by Crippen LogP contribution is 2.57. The summed E-state index contributed by atoms with van der Waals surface area (Å²) in [5.74, 6) is -2.89. The lowest BCUT2D eigenvalue weighted by atomic mass is 10.1. The van der Waals surface area contributed by atoms with Crippen molar-refractivity contribution in [1.29, 1.82) is 0 Å². The maximum atomic E-state index is 13.5. The van der Waals surface area contributed by atoms with Gasteiger partial charge in [0.05, 0.1) is 19.5 Å². The van der Waals surface area contributed by atoms with Crippen LogP contribution in [0.3, 0.4) is 0 Å². The third-order valence-corrected chi connectivity index (χ3v) is 8.01. The molecule has 1 unspecified atom stereocenters. The van der Waals surface area contributed by atoms with Crippen molar-refractivity contribution < 1.29 is 61.7 Å². The molecule has 0 spiro atoms. The molecule has 5 heterocycles. The lowest BCUT2D eigenvalue weighted by Gasteiger charge is -2.30. The number of imidazole rings is 1. The van der Waals surface area contributed by atoms with Crippen LogP contribution < -0.4 is 20.8 Å². The van der Waals surface area contributed by atoms with Gasteiger partial charge in [-0.1, -0.05) is 0 Å². The Hall–Kier alpha value is -4.65. The number of phosphoric ester groups is 1. The van der Waals surface area contributed by atoms with E-state index in [1.165, 1.54) is 23.3 Å². The fraction of sp³-hybridized carbons (Fsp3) is 0.333. The first-order valence-corrected chi connectivity index (χ1v) is 14.1. The molecule has 2 fully saturated rings. The van der Waals surface area contributed by atoms with Crippen LogP contribution in [0.5, 0.6) is 11.5 Å². The fourth-order valence-corrected chi connectivity index (χ4v) is 6.07. The van der Waals surface area contributed by atoms with Crippen molar-refractivity contribution in [2.24, 2.45) is 0 Å². The van der Waals surface area contributed by atoms with E-state index in [1.54, 1.807) is 0 Å². The Kier molecular flexibility index (Phi) is 7.66. The molecular formula is C24H22N5O14P. The summed E-state index contributed by atoms with van der Waals surface area (Å²) in [7, 11) is -4.35. The third-order valence-electron chi connectivity index (χ3n) is 6.59. The summed E-state index contributed by atoms with van der Waals surface area (Å²) < 4.78 is 52.8. The first kappa shape index (κ1) is 29.4. The van der Waals surface area contributed by atoms with E-state index in [9.17, 15) is 24.1 Å². The molecule has 20 heteroatoms. The number of nitrogen functional groups attached to an aromatic ring is 1. The second-order valence-corrected chi connectivity index (χ2v) is 11.1. The SMILES string of the molecule is Nc1ncnc2c1ncn2[C@@H]1O[C@@H]2COP(=O)(OCc3cc(=O)oc4cc(OCC(=O)O)c(OCC(=O)O)cc34)O[C@H]2[C@H]1O. The molecule has 1 aromatic carbocycles. The number of hydrogen-bond donors (Lipinski definition) is 4. The van der Waals surface area contributed by atoms with Crippen molar-refractivity contribution in [3.05, 3.63) is 46.8 Å². The number of phosphoric acid groups is 1. The lowest BCUT2D eigenvalue weighted by Crippen LogP contribution is -2.39. The van der Waals surface area contributed by atoms with Gasteiger partial charge in [-0.3, -0.25) is 18.1 Å². The van der Waals surface area contributed by atoms with Gasteiger partial charge in [0.1, 0.15) is 35.7 Å². The topological polar surface area (TPSA) is 267 Å². The molecule has 5 N–H and O–H groups in total. The molecule has 0 radical (unpaired) electrons. The Morgan fingerprint density at radius 1 is 1.09 bits per heavy atom. The van der Waals surface area contributed by atoms with Gasteiger partial charge in [0, 0.05) is 17.5 Å². The number of nitrogens with zero attached hydrogens (tertiary/aromatic N) is 4. The van der Waals surface area contributed by atoms with Crippen LogP contribution in [0, 0.1) is 0 Å². The number of carboxylic acid groups (broad SMARTS) is 2. The van der Waals surface area contributed by atoms with Crippen LogP contribution >= 0.6 is 7.82 Å². The molecule has 3 aromatic heterocycles. The number of rotatable bonds is 10. The van der Waals surface area contributed by atoms with Crippen molar-refractivity contribution >= 4 is 47.7 Å². The van der Waals surface area contributed by atoms with E-state index in [-0.39, 0.29) is 40.5 Å². The number of ether oxygens (including phenoxy) is 3.